The van der Waals surface area contributed by atoms with Crippen LogP contribution in [0.15, 0.2) is 71.0 Å². The highest BCUT2D eigenvalue weighted by molar-refractivity contribution is 6.31. The van der Waals surface area contributed by atoms with E-state index in [2.05, 4.69) is 26.6 Å². The highest BCUT2D eigenvalue weighted by Gasteiger charge is 2.24. The number of anilines is 2. The number of benzene rings is 2. The largest absolute Gasteiger partial charge is 0.388 e. The van der Waals surface area contributed by atoms with Crippen molar-refractivity contribution >= 4 is 40.9 Å². The van der Waals surface area contributed by atoms with E-state index in [1.807, 2.05) is 25.2 Å². The second kappa shape index (κ2) is 15.2. The maximum Gasteiger partial charge on any atom is 0.254 e. The molecule has 12 heteroatoms. The molecule has 0 spiro atoms. The minimum atomic E-state index is -0.241. The van der Waals surface area contributed by atoms with E-state index < -0.39 is 0 Å². The van der Waals surface area contributed by atoms with E-state index in [4.69, 9.17) is 34.8 Å². The number of unbranched alkanes of at least 4 members (excludes halogenated alkanes) is 2. The number of hydrazine groups is 1. The molecule has 10 nitrogen and oxygen atoms in total. The normalized spacial score (nSPS) is 16.3. The van der Waals surface area contributed by atoms with Crippen molar-refractivity contribution in [2.75, 3.05) is 43.1 Å². The summed E-state index contributed by atoms with van der Waals surface area (Å²) in [6.45, 7) is 3.07. The van der Waals surface area contributed by atoms with Crippen molar-refractivity contribution in [3.05, 3.63) is 87.2 Å². The lowest BCUT2D eigenvalue weighted by Crippen LogP contribution is -2.52. The lowest BCUT2D eigenvalue weighted by Gasteiger charge is -2.35. The van der Waals surface area contributed by atoms with Gasteiger partial charge in [0.1, 0.15) is 11.4 Å². The molecule has 2 heterocycles. The Hall–Kier alpha value is -3.41. The standard InChI is InChI=1S/C30H38Cl2N8O2/c1-35-11-4-2-3-8-27(21-6-5-7-23(14-21)38-13-12-36-17-24(38)19-41)39-20-37-26(16-30(39)42)25-15-22(31)9-10-28(25)40(34)18-29(32)33/h5-7,9-10,14-16,18-20,24,27,35-36H,2-4,8,11-13,17,33-34H2,1H3/b29-18-. The number of aldehydes is 1. The fraction of sp³-hybridized carbons (Fsp3) is 0.367. The third-order valence-electron chi connectivity index (χ3n) is 7.38. The molecule has 0 amide bonds. The first-order chi connectivity index (χ1) is 20.3. The van der Waals surface area contributed by atoms with E-state index in [9.17, 15) is 9.59 Å². The molecule has 1 aliphatic heterocycles. The zero-order chi connectivity index (χ0) is 30.1. The average Bonchev–Trinajstić information content (AvgIpc) is 2.99. The molecule has 224 valence electrons. The second-order valence-corrected chi connectivity index (χ2v) is 11.1. The monoisotopic (exact) mass is 612 g/mol. The van der Waals surface area contributed by atoms with Gasteiger partial charge in [-0.25, -0.2) is 10.8 Å². The van der Waals surface area contributed by atoms with E-state index >= 15 is 0 Å². The summed E-state index contributed by atoms with van der Waals surface area (Å²) in [5.74, 6) is 6.17. The molecule has 3 aromatic rings. The lowest BCUT2D eigenvalue weighted by atomic mass is 9.98. The summed E-state index contributed by atoms with van der Waals surface area (Å²) >= 11 is 12.1. The maximum absolute atomic E-state index is 13.7. The van der Waals surface area contributed by atoms with Gasteiger partial charge in [-0.15, -0.1) is 0 Å². The predicted molar refractivity (Wildman–Crippen MR) is 171 cm³/mol. The van der Waals surface area contributed by atoms with E-state index in [0.717, 1.165) is 62.9 Å². The molecule has 0 radical (unpaired) electrons. The van der Waals surface area contributed by atoms with Crippen LogP contribution in [-0.2, 0) is 4.79 Å². The van der Waals surface area contributed by atoms with Crippen molar-refractivity contribution in [3.63, 3.8) is 0 Å². The molecular formula is C30H38Cl2N8O2. The van der Waals surface area contributed by atoms with Crippen LogP contribution >= 0.6 is 23.2 Å². The third-order valence-corrected chi connectivity index (χ3v) is 7.71. The summed E-state index contributed by atoms with van der Waals surface area (Å²) < 4.78 is 1.68. The number of hydrogen-bond donors (Lipinski definition) is 4. The molecule has 0 saturated carbocycles. The van der Waals surface area contributed by atoms with E-state index in [-0.39, 0.29) is 22.8 Å². The van der Waals surface area contributed by atoms with Gasteiger partial charge in [-0.2, -0.15) is 0 Å². The molecule has 1 saturated heterocycles. The van der Waals surface area contributed by atoms with Crippen molar-refractivity contribution in [3.8, 4) is 11.3 Å². The van der Waals surface area contributed by atoms with Gasteiger partial charge in [0.05, 0.1) is 36.0 Å². The number of nitrogens with zero attached hydrogens (tertiary/aromatic N) is 4. The molecule has 2 aromatic carbocycles. The Kier molecular flexibility index (Phi) is 11.4. The van der Waals surface area contributed by atoms with Gasteiger partial charge in [0, 0.05) is 42.0 Å². The van der Waals surface area contributed by atoms with Gasteiger partial charge in [-0.3, -0.25) is 14.4 Å². The summed E-state index contributed by atoms with van der Waals surface area (Å²) in [5, 5.41) is 8.20. The van der Waals surface area contributed by atoms with Crippen LogP contribution < -0.4 is 37.7 Å². The fourth-order valence-electron chi connectivity index (χ4n) is 5.29. The number of nitrogens with one attached hydrogen (secondary N) is 2. The molecule has 1 aliphatic rings. The van der Waals surface area contributed by atoms with Crippen LogP contribution in [0.1, 0.15) is 37.3 Å². The summed E-state index contributed by atoms with van der Waals surface area (Å²) in [6.07, 6.45) is 7.69. The van der Waals surface area contributed by atoms with Gasteiger partial charge in [0.15, 0.2) is 0 Å². The number of aromatic nitrogens is 2. The van der Waals surface area contributed by atoms with Crippen molar-refractivity contribution in [2.24, 2.45) is 11.6 Å². The first-order valence-corrected chi connectivity index (χ1v) is 14.8. The van der Waals surface area contributed by atoms with Gasteiger partial charge < -0.3 is 26.1 Å². The number of piperazine rings is 1. The maximum atomic E-state index is 13.7. The molecule has 4 rings (SSSR count). The zero-order valence-electron chi connectivity index (χ0n) is 23.7. The van der Waals surface area contributed by atoms with Crippen LogP contribution in [0.4, 0.5) is 11.4 Å². The minimum Gasteiger partial charge on any atom is -0.388 e. The van der Waals surface area contributed by atoms with Crippen LogP contribution in [0.3, 0.4) is 0 Å². The number of halogens is 2. The molecule has 2 atom stereocenters. The Morgan fingerprint density at radius 1 is 1.24 bits per heavy atom. The van der Waals surface area contributed by atoms with Crippen LogP contribution in [0, 0.1) is 0 Å². The fourth-order valence-corrected chi connectivity index (χ4v) is 5.57. The van der Waals surface area contributed by atoms with Crippen molar-refractivity contribution < 1.29 is 4.79 Å². The van der Waals surface area contributed by atoms with Crippen LogP contribution in [0.25, 0.3) is 11.3 Å². The van der Waals surface area contributed by atoms with Crippen molar-refractivity contribution in [2.45, 2.75) is 37.8 Å². The Morgan fingerprint density at radius 2 is 2.07 bits per heavy atom. The molecule has 1 fully saturated rings. The highest BCUT2D eigenvalue weighted by Crippen LogP contribution is 2.32. The number of carbonyl (C=O) groups is 1. The Morgan fingerprint density at radius 3 is 2.81 bits per heavy atom. The molecule has 0 bridgehead atoms. The van der Waals surface area contributed by atoms with Gasteiger partial charge in [0.2, 0.25) is 0 Å². The average molecular weight is 614 g/mol. The molecule has 6 N–H and O–H groups in total. The Balaban J connectivity index is 1.71. The van der Waals surface area contributed by atoms with Gasteiger partial charge >= 0.3 is 0 Å². The molecule has 2 unspecified atom stereocenters. The van der Waals surface area contributed by atoms with Crippen molar-refractivity contribution in [1.29, 1.82) is 0 Å². The van der Waals surface area contributed by atoms with Gasteiger partial charge in [0.25, 0.3) is 5.56 Å². The molecular weight excluding hydrogens is 575 g/mol. The Labute approximate surface area is 256 Å². The number of carbonyl (C=O) groups excluding carboxylic acids is 1. The zero-order valence-corrected chi connectivity index (χ0v) is 25.2. The van der Waals surface area contributed by atoms with E-state index in [1.54, 1.807) is 29.1 Å². The van der Waals surface area contributed by atoms with Crippen LogP contribution in [0.2, 0.25) is 5.02 Å². The van der Waals surface area contributed by atoms with Gasteiger partial charge in [-0.1, -0.05) is 48.2 Å². The van der Waals surface area contributed by atoms with Crippen molar-refractivity contribution in [1.82, 2.24) is 20.2 Å². The third kappa shape index (κ3) is 7.90. The first kappa shape index (κ1) is 31.5. The predicted octanol–water partition coefficient (Wildman–Crippen LogP) is 3.59. The highest BCUT2D eigenvalue weighted by atomic mass is 35.5. The van der Waals surface area contributed by atoms with Crippen LogP contribution in [-0.4, -0.2) is 55.1 Å². The lowest BCUT2D eigenvalue weighted by molar-refractivity contribution is -0.109. The molecule has 42 heavy (non-hydrogen) atoms. The number of nitrogens with two attached hydrogens (primary N) is 2. The molecule has 1 aromatic heterocycles. The number of rotatable bonds is 13. The summed E-state index contributed by atoms with van der Waals surface area (Å²) in [5.41, 5.74) is 8.85. The molecule has 0 aliphatic carbocycles. The summed E-state index contributed by atoms with van der Waals surface area (Å²) in [7, 11) is 1.94. The smallest absolute Gasteiger partial charge is 0.254 e. The van der Waals surface area contributed by atoms with E-state index in [1.165, 1.54) is 17.3 Å². The van der Waals surface area contributed by atoms with Crippen LogP contribution in [0.5, 0.6) is 0 Å². The topological polar surface area (TPSA) is 135 Å². The summed E-state index contributed by atoms with van der Waals surface area (Å²) in [6, 6.07) is 14.2. The summed E-state index contributed by atoms with van der Waals surface area (Å²) in [4.78, 5) is 32.3. The second-order valence-electron chi connectivity index (χ2n) is 10.3. The quantitative estimate of drug-likeness (QED) is 0.0750. The Bertz CT molecular complexity index is 1440. The van der Waals surface area contributed by atoms with E-state index in [0.29, 0.717) is 28.5 Å². The van der Waals surface area contributed by atoms with Gasteiger partial charge in [-0.05, 0) is 62.3 Å². The number of hydrogen-bond acceptors (Lipinski definition) is 9. The SMILES string of the molecule is CNCCCCCC(c1cccc(N2CCNCC2C=O)c1)n1cnc(-c2cc(Cl)ccc2N(N)/C=C(\N)Cl)cc1=O. The minimum absolute atomic E-state index is 0.00171. The first-order valence-electron chi connectivity index (χ1n) is 14.0.